The first-order valence-corrected chi connectivity index (χ1v) is 12.0. The van der Waals surface area contributed by atoms with Gasteiger partial charge in [-0.15, -0.1) is 0 Å². The molecule has 36 heavy (non-hydrogen) atoms. The summed E-state index contributed by atoms with van der Waals surface area (Å²) in [6.45, 7) is 4.23. The first kappa shape index (κ1) is 26.9. The van der Waals surface area contributed by atoms with Crippen molar-refractivity contribution in [3.63, 3.8) is 0 Å². The molecule has 2 aromatic carbocycles. The van der Waals surface area contributed by atoms with E-state index in [0.29, 0.717) is 30.0 Å². The number of rotatable bonds is 9. The number of piperidine rings is 1. The summed E-state index contributed by atoms with van der Waals surface area (Å²) in [5.74, 6) is -2.64. The van der Waals surface area contributed by atoms with Crippen molar-refractivity contribution in [3.05, 3.63) is 60.2 Å². The second kappa shape index (κ2) is 11.8. The number of likely N-dealkylation sites (tertiary alicyclic amines) is 1. The van der Waals surface area contributed by atoms with Crippen LogP contribution in [0.25, 0.3) is 0 Å². The van der Waals surface area contributed by atoms with Gasteiger partial charge in [0.25, 0.3) is 0 Å². The van der Waals surface area contributed by atoms with Crippen molar-refractivity contribution in [2.24, 2.45) is 0 Å². The average Bonchev–Trinajstić information content (AvgIpc) is 2.87. The van der Waals surface area contributed by atoms with E-state index in [1.54, 1.807) is 43.3 Å². The fourth-order valence-electron chi connectivity index (χ4n) is 4.80. The average molecular weight is 496 g/mol. The zero-order valence-electron chi connectivity index (χ0n) is 20.9. The summed E-state index contributed by atoms with van der Waals surface area (Å²) in [5.41, 5.74) is 0.462. The van der Waals surface area contributed by atoms with Gasteiger partial charge in [0.05, 0.1) is 13.0 Å². The van der Waals surface area contributed by atoms with Crippen molar-refractivity contribution in [1.82, 2.24) is 4.90 Å². The van der Waals surface area contributed by atoms with E-state index < -0.39 is 23.4 Å². The number of carbonyl (C=O) groups excluding carboxylic acids is 3. The number of methoxy groups -OCH3 is 1. The minimum absolute atomic E-state index is 0.169. The Balaban J connectivity index is 1.90. The zero-order chi connectivity index (χ0) is 26.3. The van der Waals surface area contributed by atoms with E-state index in [9.17, 15) is 24.3 Å². The number of esters is 1. The number of nitrogens with one attached hydrogen (secondary N) is 1. The molecule has 1 saturated heterocycles. The predicted molar refractivity (Wildman–Crippen MR) is 136 cm³/mol. The minimum Gasteiger partial charge on any atom is -0.481 e. The fraction of sp³-hybridized carbons (Fsp3) is 0.407. The second-order valence-electron chi connectivity index (χ2n) is 8.94. The van der Waals surface area contributed by atoms with Crippen LogP contribution in [0.2, 0.25) is 0 Å². The van der Waals surface area contributed by atoms with Crippen molar-refractivity contribution in [3.8, 4) is 0 Å². The molecule has 2 N–H and O–H groups in total. The Hall–Kier alpha value is -3.72. The molecule has 1 atom stereocenters. The fourth-order valence-corrected chi connectivity index (χ4v) is 4.80. The highest BCUT2D eigenvalue weighted by Gasteiger charge is 2.50. The number of carbonyl (C=O) groups is 4. The van der Waals surface area contributed by atoms with E-state index in [1.165, 1.54) is 18.9 Å². The molecule has 3 rings (SSSR count). The van der Waals surface area contributed by atoms with E-state index in [1.807, 2.05) is 23.1 Å². The van der Waals surface area contributed by atoms with Gasteiger partial charge in [0.15, 0.2) is 0 Å². The number of aliphatic carboxylic acids is 1. The lowest BCUT2D eigenvalue weighted by molar-refractivity contribution is -0.151. The highest BCUT2D eigenvalue weighted by Crippen LogP contribution is 2.37. The SMILES string of the molecule is CCC(=O)N(c1cccc(NC(C)=O)c1)C1(C(=O)OC)CCN(CC(C(=O)O)c2ccccc2)CC1. The van der Waals surface area contributed by atoms with Gasteiger partial charge in [-0.1, -0.05) is 43.3 Å². The third-order valence-electron chi connectivity index (χ3n) is 6.59. The lowest BCUT2D eigenvalue weighted by Crippen LogP contribution is -2.63. The summed E-state index contributed by atoms with van der Waals surface area (Å²) in [7, 11) is 1.30. The normalized spacial score (nSPS) is 16.0. The maximum absolute atomic E-state index is 13.2. The predicted octanol–water partition coefficient (Wildman–Crippen LogP) is 3.26. The Morgan fingerprint density at radius 3 is 2.31 bits per heavy atom. The largest absolute Gasteiger partial charge is 0.481 e. The van der Waals surface area contributed by atoms with Gasteiger partial charge < -0.3 is 20.1 Å². The summed E-state index contributed by atoms with van der Waals surface area (Å²) in [6, 6.07) is 15.9. The summed E-state index contributed by atoms with van der Waals surface area (Å²) in [6.07, 6.45) is 0.718. The highest BCUT2D eigenvalue weighted by molar-refractivity contribution is 6.02. The lowest BCUT2D eigenvalue weighted by atomic mass is 9.84. The van der Waals surface area contributed by atoms with Gasteiger partial charge in [-0.25, -0.2) is 4.79 Å². The summed E-state index contributed by atoms with van der Waals surface area (Å²) >= 11 is 0. The van der Waals surface area contributed by atoms with Crippen LogP contribution >= 0.6 is 0 Å². The quantitative estimate of drug-likeness (QED) is 0.513. The number of carboxylic acid groups (broad SMARTS) is 1. The Labute approximate surface area is 211 Å². The number of hydrogen-bond donors (Lipinski definition) is 2. The Morgan fingerprint density at radius 2 is 1.75 bits per heavy atom. The molecule has 1 unspecified atom stereocenters. The van der Waals surface area contributed by atoms with Gasteiger partial charge in [-0.05, 0) is 36.6 Å². The first-order chi connectivity index (χ1) is 17.2. The third kappa shape index (κ3) is 5.91. The molecule has 1 heterocycles. The van der Waals surface area contributed by atoms with Crippen molar-refractivity contribution < 1.29 is 29.0 Å². The van der Waals surface area contributed by atoms with Crippen molar-refractivity contribution in [1.29, 1.82) is 0 Å². The summed E-state index contributed by atoms with van der Waals surface area (Å²) in [5, 5.41) is 12.5. The van der Waals surface area contributed by atoms with E-state index in [0.717, 1.165) is 0 Å². The zero-order valence-corrected chi connectivity index (χ0v) is 20.9. The first-order valence-electron chi connectivity index (χ1n) is 12.0. The van der Waals surface area contributed by atoms with Crippen LogP contribution in [0.1, 0.15) is 44.6 Å². The molecule has 1 aliphatic rings. The van der Waals surface area contributed by atoms with Crippen molar-refractivity contribution in [2.45, 2.75) is 44.6 Å². The van der Waals surface area contributed by atoms with Crippen LogP contribution in [0.15, 0.2) is 54.6 Å². The van der Waals surface area contributed by atoms with Crippen molar-refractivity contribution >= 4 is 35.1 Å². The summed E-state index contributed by atoms with van der Waals surface area (Å²) < 4.78 is 5.19. The number of benzene rings is 2. The number of amides is 2. The number of ether oxygens (including phenoxy) is 1. The molecule has 2 aromatic rings. The monoisotopic (exact) mass is 495 g/mol. The van der Waals surface area contributed by atoms with Crippen LogP contribution in [-0.2, 0) is 23.9 Å². The van der Waals surface area contributed by atoms with Gasteiger partial charge >= 0.3 is 11.9 Å². The Morgan fingerprint density at radius 1 is 1.08 bits per heavy atom. The number of carboxylic acids is 1. The molecule has 9 heteroatoms. The molecule has 0 aromatic heterocycles. The molecule has 9 nitrogen and oxygen atoms in total. The molecule has 1 aliphatic heterocycles. The Kier molecular flexibility index (Phi) is 8.82. The molecule has 2 amide bonds. The van der Waals surface area contributed by atoms with Crippen LogP contribution in [0, 0.1) is 0 Å². The van der Waals surface area contributed by atoms with Gasteiger partial charge in [-0.2, -0.15) is 0 Å². The molecule has 0 aliphatic carbocycles. The number of anilines is 2. The molecular formula is C27H33N3O6. The topological polar surface area (TPSA) is 116 Å². The van der Waals surface area contributed by atoms with Crippen LogP contribution in [0.3, 0.4) is 0 Å². The van der Waals surface area contributed by atoms with Crippen LogP contribution in [0.4, 0.5) is 11.4 Å². The molecule has 0 saturated carbocycles. The molecule has 0 spiro atoms. The van der Waals surface area contributed by atoms with Gasteiger partial charge in [0.1, 0.15) is 5.54 Å². The van der Waals surface area contributed by atoms with E-state index in [4.69, 9.17) is 4.74 Å². The third-order valence-corrected chi connectivity index (χ3v) is 6.59. The minimum atomic E-state index is -1.25. The maximum Gasteiger partial charge on any atom is 0.332 e. The molecular weight excluding hydrogens is 462 g/mol. The van der Waals surface area contributed by atoms with Gasteiger partial charge in [0, 0.05) is 44.4 Å². The van der Waals surface area contributed by atoms with Crippen LogP contribution in [-0.4, -0.2) is 66.0 Å². The molecule has 192 valence electrons. The highest BCUT2D eigenvalue weighted by atomic mass is 16.5. The number of hydrogen-bond acceptors (Lipinski definition) is 6. The smallest absolute Gasteiger partial charge is 0.332 e. The van der Waals surface area contributed by atoms with Gasteiger partial charge in [-0.3, -0.25) is 19.3 Å². The molecule has 0 bridgehead atoms. The van der Waals surface area contributed by atoms with Crippen molar-refractivity contribution in [2.75, 3.05) is 37.0 Å². The van der Waals surface area contributed by atoms with E-state index >= 15 is 0 Å². The van der Waals surface area contributed by atoms with Crippen LogP contribution in [0.5, 0.6) is 0 Å². The standard InChI is InChI=1S/C27H33N3O6/c1-4-24(32)30(22-12-8-11-21(17-22)28-19(2)31)27(26(35)36-3)13-15-29(16-14-27)18-23(25(33)34)20-9-6-5-7-10-20/h5-12,17,23H,4,13-16,18H2,1-3H3,(H,28,31)(H,33,34). The maximum atomic E-state index is 13.2. The number of nitrogens with zero attached hydrogens (tertiary/aromatic N) is 2. The van der Waals surface area contributed by atoms with E-state index in [-0.39, 0.29) is 37.6 Å². The summed E-state index contributed by atoms with van der Waals surface area (Å²) in [4.78, 5) is 53.6. The van der Waals surface area contributed by atoms with Crippen LogP contribution < -0.4 is 10.2 Å². The second-order valence-corrected chi connectivity index (χ2v) is 8.94. The molecule has 1 fully saturated rings. The van der Waals surface area contributed by atoms with E-state index in [2.05, 4.69) is 5.32 Å². The Bertz CT molecular complexity index is 1100. The van der Waals surface area contributed by atoms with Gasteiger partial charge in [0.2, 0.25) is 11.8 Å². The molecule has 0 radical (unpaired) electrons. The lowest BCUT2D eigenvalue weighted by Gasteiger charge is -2.46.